The van der Waals surface area contributed by atoms with Crippen molar-refractivity contribution in [3.8, 4) is 5.75 Å². The summed E-state index contributed by atoms with van der Waals surface area (Å²) >= 11 is 0. The Morgan fingerprint density at radius 3 is 2.71 bits per heavy atom. The monoisotopic (exact) mass is 333 g/mol. The van der Waals surface area contributed by atoms with Gasteiger partial charge in [0.05, 0.1) is 32.9 Å². The highest BCUT2D eigenvalue weighted by molar-refractivity contribution is 5.78. The second-order valence-electron chi connectivity index (χ2n) is 6.47. The molecule has 0 saturated carbocycles. The predicted octanol–water partition coefficient (Wildman–Crippen LogP) is 0.843. The van der Waals surface area contributed by atoms with E-state index >= 15 is 0 Å². The molecular formula is C18H27N3O3. The standard InChI is InChI=1S/C18H27N3O3/c1-19-7-8-21(18(22)14-20-9-11-24-12-10-20)13-16(19)15-5-3-4-6-17(15)23-2/h3-6,16H,7-14H2,1-2H3/t16-/m1/s1. The van der Waals surface area contributed by atoms with Gasteiger partial charge in [0, 0.05) is 38.3 Å². The quantitative estimate of drug-likeness (QED) is 0.817. The Balaban J connectivity index is 1.67. The molecule has 132 valence electrons. The van der Waals surface area contributed by atoms with Gasteiger partial charge in [0.1, 0.15) is 5.75 Å². The van der Waals surface area contributed by atoms with Crippen molar-refractivity contribution in [1.29, 1.82) is 0 Å². The summed E-state index contributed by atoms with van der Waals surface area (Å²) in [5.41, 5.74) is 1.14. The van der Waals surface area contributed by atoms with Crippen molar-refractivity contribution in [3.05, 3.63) is 29.8 Å². The summed E-state index contributed by atoms with van der Waals surface area (Å²) in [5.74, 6) is 1.10. The Bertz CT molecular complexity index is 560. The van der Waals surface area contributed by atoms with E-state index in [-0.39, 0.29) is 11.9 Å². The van der Waals surface area contributed by atoms with Crippen molar-refractivity contribution in [1.82, 2.24) is 14.7 Å². The minimum atomic E-state index is 0.170. The molecule has 0 N–H and O–H groups in total. The van der Waals surface area contributed by atoms with Gasteiger partial charge in [-0.3, -0.25) is 14.6 Å². The van der Waals surface area contributed by atoms with Gasteiger partial charge in [-0.25, -0.2) is 0 Å². The summed E-state index contributed by atoms with van der Waals surface area (Å²) in [4.78, 5) is 19.2. The van der Waals surface area contributed by atoms with Crippen LogP contribution in [0.3, 0.4) is 0 Å². The third kappa shape index (κ3) is 3.88. The minimum Gasteiger partial charge on any atom is -0.496 e. The summed E-state index contributed by atoms with van der Waals surface area (Å²) < 4.78 is 10.9. The summed E-state index contributed by atoms with van der Waals surface area (Å²) in [5, 5.41) is 0. The van der Waals surface area contributed by atoms with Crippen molar-refractivity contribution in [2.45, 2.75) is 6.04 Å². The van der Waals surface area contributed by atoms with Crippen LogP contribution in [0.4, 0.5) is 0 Å². The lowest BCUT2D eigenvalue weighted by atomic mass is 10.0. The maximum Gasteiger partial charge on any atom is 0.236 e. The maximum absolute atomic E-state index is 12.7. The fourth-order valence-corrected chi connectivity index (χ4v) is 3.43. The summed E-state index contributed by atoms with van der Waals surface area (Å²) in [6, 6.07) is 8.25. The van der Waals surface area contributed by atoms with Crippen LogP contribution in [-0.2, 0) is 9.53 Å². The number of piperazine rings is 1. The van der Waals surface area contributed by atoms with Crippen molar-refractivity contribution in [2.24, 2.45) is 0 Å². The normalized spacial score (nSPS) is 23.2. The zero-order valence-electron chi connectivity index (χ0n) is 14.6. The Hall–Kier alpha value is -1.63. The second kappa shape index (κ2) is 7.96. The maximum atomic E-state index is 12.7. The number of carbonyl (C=O) groups is 1. The SMILES string of the molecule is COc1ccccc1[C@H]1CN(C(=O)CN2CCOCC2)CCN1C. The molecule has 0 radical (unpaired) electrons. The first-order valence-corrected chi connectivity index (χ1v) is 8.60. The molecule has 0 spiro atoms. The fraction of sp³-hybridized carbons (Fsp3) is 0.611. The van der Waals surface area contributed by atoms with E-state index in [4.69, 9.17) is 9.47 Å². The molecule has 0 bridgehead atoms. The molecule has 3 rings (SSSR count). The van der Waals surface area contributed by atoms with E-state index in [9.17, 15) is 4.79 Å². The van der Waals surface area contributed by atoms with Crippen LogP contribution in [0.5, 0.6) is 5.75 Å². The Labute approximate surface area is 143 Å². The first kappa shape index (κ1) is 17.2. The number of para-hydroxylation sites is 1. The van der Waals surface area contributed by atoms with Gasteiger partial charge in [0.2, 0.25) is 5.91 Å². The minimum absolute atomic E-state index is 0.170. The van der Waals surface area contributed by atoms with E-state index in [1.165, 1.54) is 0 Å². The largest absolute Gasteiger partial charge is 0.496 e. The lowest BCUT2D eigenvalue weighted by Gasteiger charge is -2.41. The third-order valence-electron chi connectivity index (χ3n) is 4.96. The van der Waals surface area contributed by atoms with Gasteiger partial charge in [0.25, 0.3) is 0 Å². The van der Waals surface area contributed by atoms with Crippen LogP contribution in [0, 0.1) is 0 Å². The summed E-state index contributed by atoms with van der Waals surface area (Å²) in [6.45, 7) is 5.99. The molecule has 2 aliphatic heterocycles. The van der Waals surface area contributed by atoms with Crippen molar-refractivity contribution >= 4 is 5.91 Å². The van der Waals surface area contributed by atoms with Gasteiger partial charge in [-0.2, -0.15) is 0 Å². The average Bonchev–Trinajstić information content (AvgIpc) is 2.63. The van der Waals surface area contributed by atoms with Gasteiger partial charge >= 0.3 is 0 Å². The Morgan fingerprint density at radius 1 is 1.21 bits per heavy atom. The molecule has 24 heavy (non-hydrogen) atoms. The molecule has 2 aliphatic rings. The first-order valence-electron chi connectivity index (χ1n) is 8.60. The van der Waals surface area contributed by atoms with Gasteiger partial charge in [0.15, 0.2) is 0 Å². The number of methoxy groups -OCH3 is 1. The number of rotatable bonds is 4. The van der Waals surface area contributed by atoms with E-state index in [1.807, 2.05) is 23.1 Å². The molecule has 2 heterocycles. The second-order valence-corrected chi connectivity index (χ2v) is 6.47. The topological polar surface area (TPSA) is 45.3 Å². The Kier molecular flexibility index (Phi) is 5.71. The predicted molar refractivity (Wildman–Crippen MR) is 92.2 cm³/mol. The van der Waals surface area contributed by atoms with Crippen molar-refractivity contribution < 1.29 is 14.3 Å². The summed E-state index contributed by atoms with van der Waals surface area (Å²) in [6.07, 6.45) is 0. The van der Waals surface area contributed by atoms with Crippen LogP contribution < -0.4 is 4.74 Å². The lowest BCUT2D eigenvalue weighted by Crippen LogP contribution is -2.52. The molecule has 1 amide bonds. The molecule has 0 aromatic heterocycles. The smallest absolute Gasteiger partial charge is 0.236 e. The fourth-order valence-electron chi connectivity index (χ4n) is 3.43. The molecule has 0 aliphatic carbocycles. The van der Waals surface area contributed by atoms with Crippen molar-refractivity contribution in [2.75, 3.05) is 66.6 Å². The first-order chi connectivity index (χ1) is 11.7. The molecular weight excluding hydrogens is 306 g/mol. The van der Waals surface area contributed by atoms with Crippen LogP contribution in [0.2, 0.25) is 0 Å². The number of likely N-dealkylation sites (N-methyl/N-ethyl adjacent to an activating group) is 1. The van der Waals surface area contributed by atoms with E-state index in [2.05, 4.69) is 22.9 Å². The van der Waals surface area contributed by atoms with E-state index in [1.54, 1.807) is 7.11 Å². The number of carbonyl (C=O) groups excluding carboxylic acids is 1. The molecule has 6 nitrogen and oxygen atoms in total. The molecule has 2 saturated heterocycles. The molecule has 1 aromatic carbocycles. The van der Waals surface area contributed by atoms with Crippen LogP contribution in [0.15, 0.2) is 24.3 Å². The Morgan fingerprint density at radius 2 is 1.96 bits per heavy atom. The highest BCUT2D eigenvalue weighted by Crippen LogP contribution is 2.31. The van der Waals surface area contributed by atoms with E-state index in [0.29, 0.717) is 13.1 Å². The number of ether oxygens (including phenoxy) is 2. The zero-order chi connectivity index (χ0) is 16.9. The van der Waals surface area contributed by atoms with Crippen molar-refractivity contribution in [3.63, 3.8) is 0 Å². The van der Waals surface area contributed by atoms with Gasteiger partial charge < -0.3 is 14.4 Å². The molecule has 2 fully saturated rings. The number of hydrogen-bond acceptors (Lipinski definition) is 5. The van der Waals surface area contributed by atoms with Gasteiger partial charge in [-0.15, -0.1) is 0 Å². The number of benzene rings is 1. The molecule has 1 atom stereocenters. The third-order valence-corrected chi connectivity index (χ3v) is 4.96. The van der Waals surface area contributed by atoms with Gasteiger partial charge in [-0.1, -0.05) is 18.2 Å². The molecule has 6 heteroatoms. The highest BCUT2D eigenvalue weighted by atomic mass is 16.5. The molecule has 0 unspecified atom stereocenters. The zero-order valence-corrected chi connectivity index (χ0v) is 14.6. The average molecular weight is 333 g/mol. The van der Waals surface area contributed by atoms with Crippen LogP contribution in [0.1, 0.15) is 11.6 Å². The number of hydrogen-bond donors (Lipinski definition) is 0. The van der Waals surface area contributed by atoms with E-state index < -0.39 is 0 Å². The number of morpholine rings is 1. The number of amides is 1. The van der Waals surface area contributed by atoms with Crippen LogP contribution >= 0.6 is 0 Å². The highest BCUT2D eigenvalue weighted by Gasteiger charge is 2.30. The van der Waals surface area contributed by atoms with Gasteiger partial charge in [-0.05, 0) is 13.1 Å². The number of nitrogens with zero attached hydrogens (tertiary/aromatic N) is 3. The molecule has 1 aromatic rings. The lowest BCUT2D eigenvalue weighted by molar-refractivity contribution is -0.136. The van der Waals surface area contributed by atoms with Crippen LogP contribution in [-0.4, -0.2) is 87.2 Å². The summed E-state index contributed by atoms with van der Waals surface area (Å²) in [7, 11) is 3.81. The van der Waals surface area contributed by atoms with Crippen LogP contribution in [0.25, 0.3) is 0 Å². The van der Waals surface area contributed by atoms with E-state index in [0.717, 1.165) is 50.7 Å².